The lowest BCUT2D eigenvalue weighted by Gasteiger charge is -2.55. The number of carbonyl (C=O) groups is 1. The summed E-state index contributed by atoms with van der Waals surface area (Å²) in [5.41, 5.74) is 2.01. The molecule has 1 unspecified atom stereocenters. The van der Waals surface area contributed by atoms with E-state index in [1.165, 1.54) is 5.56 Å². The molecule has 2 fully saturated rings. The van der Waals surface area contributed by atoms with E-state index in [4.69, 9.17) is 23.2 Å². The van der Waals surface area contributed by atoms with Crippen molar-refractivity contribution in [3.05, 3.63) is 76.3 Å². The van der Waals surface area contributed by atoms with Crippen molar-refractivity contribution in [1.29, 1.82) is 0 Å². The standard InChI is InChI=1S/C27H32Cl2N2O2/c1-3-12-31(2)13-11-27(20-5-4-6-23(32)16-20)17-22(9-8-21(27)18-31)30-26(33)15-19-7-10-24(28)25(29)14-19/h3-7,10,14,16,21-22H,1,8-9,11-13,15,17-18H2,2H3,(H-,30,32,33)/p+1/t21?,22-,27+,31+/m1/s1. The summed E-state index contributed by atoms with van der Waals surface area (Å²) in [5, 5.41) is 14.5. The van der Waals surface area contributed by atoms with Crippen LogP contribution in [0.2, 0.25) is 10.0 Å². The molecule has 2 aromatic carbocycles. The maximum atomic E-state index is 12.9. The predicted molar refractivity (Wildman–Crippen MR) is 135 cm³/mol. The number of hydrogen-bond donors (Lipinski definition) is 2. The number of benzene rings is 2. The zero-order valence-electron chi connectivity index (χ0n) is 19.2. The van der Waals surface area contributed by atoms with Crippen LogP contribution in [0.25, 0.3) is 0 Å². The SMILES string of the molecule is C=CC[N@@+]1(C)CC[C@@]2(c3cccc(O)c3)C[C@H](NC(=O)Cc3ccc(Cl)c(Cl)c3)CCC2C1. The molecule has 176 valence electrons. The number of nitrogens with zero attached hydrogens (tertiary/aromatic N) is 1. The Hall–Kier alpha value is -2.01. The number of phenols is 1. The summed E-state index contributed by atoms with van der Waals surface area (Å²) in [6, 6.07) is 13.2. The Bertz CT molecular complexity index is 1040. The molecular formula is C27H33Cl2N2O2+. The molecule has 0 spiro atoms. The van der Waals surface area contributed by atoms with Gasteiger partial charge in [-0.2, -0.15) is 0 Å². The van der Waals surface area contributed by atoms with Crippen molar-refractivity contribution in [2.45, 2.75) is 43.6 Å². The number of halogens is 2. The van der Waals surface area contributed by atoms with Crippen LogP contribution in [0.3, 0.4) is 0 Å². The topological polar surface area (TPSA) is 49.3 Å². The summed E-state index contributed by atoms with van der Waals surface area (Å²) in [4.78, 5) is 12.9. The number of rotatable bonds is 6. The summed E-state index contributed by atoms with van der Waals surface area (Å²) in [6.45, 7) is 7.08. The molecule has 1 saturated heterocycles. The number of carbonyl (C=O) groups excluding carboxylic acids is 1. The van der Waals surface area contributed by atoms with E-state index in [0.717, 1.165) is 55.4 Å². The lowest BCUT2D eigenvalue weighted by molar-refractivity contribution is -0.914. The summed E-state index contributed by atoms with van der Waals surface area (Å²) in [5.74, 6) is 0.813. The van der Waals surface area contributed by atoms with Gasteiger partial charge >= 0.3 is 0 Å². The van der Waals surface area contributed by atoms with Crippen LogP contribution in [0.4, 0.5) is 0 Å². The fraction of sp³-hybridized carbons (Fsp3) is 0.444. The van der Waals surface area contributed by atoms with Gasteiger partial charge in [0.1, 0.15) is 5.75 Å². The summed E-state index contributed by atoms with van der Waals surface area (Å²) in [7, 11) is 2.32. The lowest BCUT2D eigenvalue weighted by Crippen LogP contribution is -2.62. The third kappa shape index (κ3) is 5.24. The molecule has 1 aliphatic heterocycles. The third-order valence-electron chi connectivity index (χ3n) is 7.72. The average molecular weight is 488 g/mol. The van der Waals surface area contributed by atoms with E-state index < -0.39 is 0 Å². The fourth-order valence-electron chi connectivity index (χ4n) is 6.08. The van der Waals surface area contributed by atoms with Gasteiger partial charge in [-0.05, 0) is 60.7 Å². The number of phenolic OH excluding ortho intramolecular Hbond substituents is 1. The van der Waals surface area contributed by atoms with Crippen LogP contribution in [0.15, 0.2) is 55.1 Å². The van der Waals surface area contributed by atoms with Crippen LogP contribution in [0.5, 0.6) is 5.75 Å². The molecule has 2 N–H and O–H groups in total. The van der Waals surface area contributed by atoms with Gasteiger partial charge in [-0.15, -0.1) is 0 Å². The highest BCUT2D eigenvalue weighted by atomic mass is 35.5. The zero-order valence-corrected chi connectivity index (χ0v) is 20.7. The minimum absolute atomic E-state index is 0.00554. The number of hydrogen-bond acceptors (Lipinski definition) is 2. The van der Waals surface area contributed by atoms with Crippen molar-refractivity contribution in [3.63, 3.8) is 0 Å². The van der Waals surface area contributed by atoms with E-state index in [9.17, 15) is 9.90 Å². The normalized spacial score (nSPS) is 29.2. The molecular weight excluding hydrogens is 455 g/mol. The minimum atomic E-state index is -0.0442. The molecule has 1 heterocycles. The van der Waals surface area contributed by atoms with E-state index in [0.29, 0.717) is 21.7 Å². The minimum Gasteiger partial charge on any atom is -0.508 e. The molecule has 1 saturated carbocycles. The average Bonchev–Trinajstić information content (AvgIpc) is 2.76. The van der Waals surface area contributed by atoms with Crippen LogP contribution >= 0.6 is 23.2 Å². The van der Waals surface area contributed by atoms with Gasteiger partial charge in [-0.3, -0.25) is 4.79 Å². The number of piperidine rings is 1. The number of aromatic hydroxyl groups is 1. The number of nitrogens with one attached hydrogen (secondary N) is 1. The zero-order chi connectivity index (χ0) is 23.6. The Kier molecular flexibility index (Phi) is 7.09. The Morgan fingerprint density at radius 1 is 1.24 bits per heavy atom. The molecule has 1 aliphatic carbocycles. The molecule has 1 amide bonds. The Labute approximate surface area is 206 Å². The third-order valence-corrected chi connectivity index (χ3v) is 8.46. The molecule has 0 bridgehead atoms. The molecule has 0 radical (unpaired) electrons. The first-order chi connectivity index (χ1) is 15.7. The summed E-state index contributed by atoms with van der Waals surface area (Å²) < 4.78 is 1.00. The highest BCUT2D eigenvalue weighted by Gasteiger charge is 2.52. The molecule has 6 heteroatoms. The van der Waals surface area contributed by atoms with E-state index in [2.05, 4.69) is 25.0 Å². The summed E-state index contributed by atoms with van der Waals surface area (Å²) >= 11 is 12.1. The van der Waals surface area contributed by atoms with Gasteiger partial charge in [0.15, 0.2) is 0 Å². The van der Waals surface area contributed by atoms with Crippen LogP contribution < -0.4 is 5.32 Å². The van der Waals surface area contributed by atoms with E-state index in [1.807, 2.05) is 24.3 Å². The quantitative estimate of drug-likeness (QED) is 0.417. The predicted octanol–water partition coefficient (Wildman–Crippen LogP) is 5.50. The molecule has 0 aromatic heterocycles. The largest absolute Gasteiger partial charge is 0.508 e. The number of likely N-dealkylation sites (N-methyl/N-ethyl adjacent to an activating group) is 1. The van der Waals surface area contributed by atoms with Crippen molar-refractivity contribution >= 4 is 29.1 Å². The van der Waals surface area contributed by atoms with Crippen molar-refractivity contribution < 1.29 is 14.4 Å². The van der Waals surface area contributed by atoms with Gasteiger partial charge in [0.2, 0.25) is 5.91 Å². The van der Waals surface area contributed by atoms with Gasteiger partial charge in [0, 0.05) is 23.8 Å². The van der Waals surface area contributed by atoms with Crippen molar-refractivity contribution in [2.75, 3.05) is 26.7 Å². The Morgan fingerprint density at radius 2 is 2.06 bits per heavy atom. The molecule has 2 aromatic rings. The highest BCUT2D eigenvalue weighted by molar-refractivity contribution is 6.42. The number of fused-ring (bicyclic) bond motifs is 1. The van der Waals surface area contributed by atoms with Crippen LogP contribution in [0, 0.1) is 5.92 Å². The fourth-order valence-corrected chi connectivity index (χ4v) is 6.40. The number of amides is 1. The van der Waals surface area contributed by atoms with Gasteiger partial charge in [0.25, 0.3) is 0 Å². The molecule has 4 nitrogen and oxygen atoms in total. The van der Waals surface area contributed by atoms with Gasteiger partial charge in [-0.1, -0.05) is 48.0 Å². The summed E-state index contributed by atoms with van der Waals surface area (Å²) in [6.07, 6.45) is 6.25. The van der Waals surface area contributed by atoms with Crippen molar-refractivity contribution in [1.82, 2.24) is 5.32 Å². The number of likely N-dealkylation sites (tertiary alicyclic amines) is 1. The lowest BCUT2D eigenvalue weighted by atomic mass is 9.57. The van der Waals surface area contributed by atoms with Crippen LogP contribution in [-0.2, 0) is 16.6 Å². The van der Waals surface area contributed by atoms with Crippen molar-refractivity contribution in [2.24, 2.45) is 5.92 Å². The second kappa shape index (κ2) is 9.69. The van der Waals surface area contributed by atoms with E-state index in [1.54, 1.807) is 18.2 Å². The van der Waals surface area contributed by atoms with Gasteiger partial charge < -0.3 is 14.9 Å². The molecule has 4 atom stereocenters. The van der Waals surface area contributed by atoms with E-state index >= 15 is 0 Å². The Morgan fingerprint density at radius 3 is 2.79 bits per heavy atom. The van der Waals surface area contributed by atoms with Gasteiger partial charge in [0.05, 0.1) is 43.1 Å². The second-order valence-electron chi connectivity index (χ2n) is 10.1. The molecule has 33 heavy (non-hydrogen) atoms. The first-order valence-corrected chi connectivity index (χ1v) is 12.5. The molecule has 4 rings (SSSR count). The van der Waals surface area contributed by atoms with Crippen molar-refractivity contribution in [3.8, 4) is 5.75 Å². The van der Waals surface area contributed by atoms with Gasteiger partial charge in [-0.25, -0.2) is 0 Å². The second-order valence-corrected chi connectivity index (χ2v) is 10.9. The number of quaternary nitrogens is 1. The Balaban J connectivity index is 1.53. The first-order valence-electron chi connectivity index (χ1n) is 11.7. The van der Waals surface area contributed by atoms with Crippen LogP contribution in [-0.4, -0.2) is 48.2 Å². The molecule has 2 aliphatic rings. The maximum Gasteiger partial charge on any atom is 0.224 e. The smallest absolute Gasteiger partial charge is 0.224 e. The monoisotopic (exact) mass is 487 g/mol. The first kappa shape index (κ1) is 24.1. The van der Waals surface area contributed by atoms with Crippen LogP contribution in [0.1, 0.15) is 36.8 Å². The van der Waals surface area contributed by atoms with E-state index in [-0.39, 0.29) is 23.8 Å². The maximum absolute atomic E-state index is 12.9. The highest BCUT2D eigenvalue weighted by Crippen LogP contribution is 2.50.